The third-order valence-corrected chi connectivity index (χ3v) is 3.56. The third kappa shape index (κ3) is 4.00. The van der Waals surface area contributed by atoms with Crippen LogP contribution < -0.4 is 10.6 Å². The average Bonchev–Trinajstić information content (AvgIpc) is 2.44. The van der Waals surface area contributed by atoms with Gasteiger partial charge in [-0.15, -0.1) is 0 Å². The van der Waals surface area contributed by atoms with Gasteiger partial charge in [-0.25, -0.2) is 0 Å². The number of hydrogen-bond donors (Lipinski definition) is 2. The number of carbonyl (C=O) groups is 2. The molecule has 2 N–H and O–H groups in total. The second-order valence-electron chi connectivity index (χ2n) is 4.85. The smallest absolute Gasteiger partial charge is 0.314 e. The number of hydrogen-bond acceptors (Lipinski definition) is 2. The number of amides is 2. The monoisotopic (exact) mass is 336 g/mol. The highest BCUT2D eigenvalue weighted by Crippen LogP contribution is 2.25. The van der Waals surface area contributed by atoms with Crippen LogP contribution in [-0.2, 0) is 9.59 Å². The fraction of sp³-hybridized carbons (Fsp3) is 0.125. The molecule has 0 radical (unpaired) electrons. The molecule has 0 aliphatic carbocycles. The summed E-state index contributed by atoms with van der Waals surface area (Å²) in [6, 6.07) is 10.1. The van der Waals surface area contributed by atoms with E-state index < -0.39 is 11.8 Å². The standard InChI is InChI=1S/C16H14Cl2N2O2/c1-9-3-5-13(10(2)7-9)19-15(21)16(22)20-14-6-4-11(17)8-12(14)18/h3-8H,1-2H3,(H,19,21)(H,20,22). The summed E-state index contributed by atoms with van der Waals surface area (Å²) in [4.78, 5) is 23.9. The third-order valence-electron chi connectivity index (χ3n) is 3.02. The molecule has 0 aromatic heterocycles. The summed E-state index contributed by atoms with van der Waals surface area (Å²) in [5, 5.41) is 5.73. The Balaban J connectivity index is 2.07. The van der Waals surface area contributed by atoms with Crippen LogP contribution in [-0.4, -0.2) is 11.8 Å². The number of aryl methyl sites for hydroxylation is 2. The zero-order chi connectivity index (χ0) is 16.3. The molecule has 0 saturated carbocycles. The predicted molar refractivity (Wildman–Crippen MR) is 89.6 cm³/mol. The molecule has 2 aromatic carbocycles. The maximum absolute atomic E-state index is 11.9. The lowest BCUT2D eigenvalue weighted by Crippen LogP contribution is -2.29. The minimum Gasteiger partial charge on any atom is -0.318 e. The molecular formula is C16H14Cl2N2O2. The maximum Gasteiger partial charge on any atom is 0.314 e. The first kappa shape index (κ1) is 16.3. The van der Waals surface area contributed by atoms with Gasteiger partial charge in [-0.3, -0.25) is 9.59 Å². The maximum atomic E-state index is 11.9. The molecule has 0 saturated heterocycles. The van der Waals surface area contributed by atoms with Crippen LogP contribution in [0.2, 0.25) is 10.0 Å². The van der Waals surface area contributed by atoms with Crippen LogP contribution in [0.3, 0.4) is 0 Å². The summed E-state index contributed by atoms with van der Waals surface area (Å²) in [5.74, 6) is -1.57. The quantitative estimate of drug-likeness (QED) is 0.808. The second kappa shape index (κ2) is 6.81. The van der Waals surface area contributed by atoms with E-state index in [1.807, 2.05) is 26.0 Å². The van der Waals surface area contributed by atoms with Gasteiger partial charge in [-0.05, 0) is 43.7 Å². The lowest BCUT2D eigenvalue weighted by molar-refractivity contribution is -0.133. The number of carbonyl (C=O) groups excluding carboxylic acids is 2. The summed E-state index contributed by atoms with van der Waals surface area (Å²) in [6.07, 6.45) is 0. The number of nitrogens with one attached hydrogen (secondary N) is 2. The molecule has 0 bridgehead atoms. The molecule has 0 aliphatic heterocycles. The van der Waals surface area contributed by atoms with Gasteiger partial charge in [0.2, 0.25) is 0 Å². The average molecular weight is 337 g/mol. The van der Waals surface area contributed by atoms with Crippen LogP contribution in [0.5, 0.6) is 0 Å². The summed E-state index contributed by atoms with van der Waals surface area (Å²) in [7, 11) is 0. The van der Waals surface area contributed by atoms with E-state index in [1.165, 1.54) is 12.1 Å². The van der Waals surface area contributed by atoms with Crippen molar-refractivity contribution in [3.05, 3.63) is 57.6 Å². The molecule has 2 aromatic rings. The van der Waals surface area contributed by atoms with E-state index >= 15 is 0 Å². The Morgan fingerprint density at radius 2 is 1.45 bits per heavy atom. The van der Waals surface area contributed by atoms with Gasteiger partial charge < -0.3 is 10.6 Å². The first-order chi connectivity index (χ1) is 10.4. The van der Waals surface area contributed by atoms with E-state index in [-0.39, 0.29) is 5.02 Å². The molecule has 4 nitrogen and oxygen atoms in total. The largest absolute Gasteiger partial charge is 0.318 e. The Hall–Kier alpha value is -2.04. The van der Waals surface area contributed by atoms with Crippen molar-refractivity contribution in [2.24, 2.45) is 0 Å². The van der Waals surface area contributed by atoms with Gasteiger partial charge in [0.25, 0.3) is 0 Å². The molecule has 2 amide bonds. The molecule has 0 atom stereocenters. The van der Waals surface area contributed by atoms with E-state index in [2.05, 4.69) is 10.6 Å². The van der Waals surface area contributed by atoms with Gasteiger partial charge in [0.05, 0.1) is 10.7 Å². The van der Waals surface area contributed by atoms with E-state index in [4.69, 9.17) is 23.2 Å². The van der Waals surface area contributed by atoms with Crippen LogP contribution in [0.25, 0.3) is 0 Å². The molecule has 22 heavy (non-hydrogen) atoms. The Labute approximate surface area is 138 Å². The summed E-state index contributed by atoms with van der Waals surface area (Å²) < 4.78 is 0. The minimum atomic E-state index is -0.802. The lowest BCUT2D eigenvalue weighted by atomic mass is 10.1. The van der Waals surface area contributed by atoms with Gasteiger partial charge >= 0.3 is 11.8 Å². The molecular weight excluding hydrogens is 323 g/mol. The second-order valence-corrected chi connectivity index (χ2v) is 5.69. The van der Waals surface area contributed by atoms with E-state index in [0.717, 1.165) is 11.1 Å². The van der Waals surface area contributed by atoms with Crippen molar-refractivity contribution in [3.8, 4) is 0 Å². The Morgan fingerprint density at radius 3 is 2.05 bits per heavy atom. The van der Waals surface area contributed by atoms with Crippen LogP contribution >= 0.6 is 23.2 Å². The highest BCUT2D eigenvalue weighted by atomic mass is 35.5. The fourth-order valence-electron chi connectivity index (χ4n) is 1.90. The van der Waals surface area contributed by atoms with Crippen molar-refractivity contribution in [3.63, 3.8) is 0 Å². The summed E-state index contributed by atoms with van der Waals surface area (Å²) in [5.41, 5.74) is 2.87. The van der Waals surface area contributed by atoms with Gasteiger partial charge in [0.15, 0.2) is 0 Å². The Bertz CT molecular complexity index is 681. The van der Waals surface area contributed by atoms with Gasteiger partial charge in [-0.1, -0.05) is 40.9 Å². The number of rotatable bonds is 2. The molecule has 0 heterocycles. The highest BCUT2D eigenvalue weighted by molar-refractivity contribution is 6.45. The lowest BCUT2D eigenvalue weighted by Gasteiger charge is -2.10. The molecule has 2 rings (SSSR count). The van der Waals surface area contributed by atoms with Gasteiger partial charge in [-0.2, -0.15) is 0 Å². The molecule has 0 fully saturated rings. The Kier molecular flexibility index (Phi) is 5.06. The minimum absolute atomic E-state index is 0.264. The van der Waals surface area contributed by atoms with Crippen LogP contribution in [0.4, 0.5) is 11.4 Å². The van der Waals surface area contributed by atoms with E-state index in [0.29, 0.717) is 16.4 Å². The molecule has 0 unspecified atom stereocenters. The normalized spacial score (nSPS) is 10.2. The van der Waals surface area contributed by atoms with Gasteiger partial charge in [0, 0.05) is 10.7 Å². The van der Waals surface area contributed by atoms with Crippen molar-refractivity contribution in [2.45, 2.75) is 13.8 Å². The van der Waals surface area contributed by atoms with Crippen LogP contribution in [0.15, 0.2) is 36.4 Å². The predicted octanol–water partition coefficient (Wildman–Crippen LogP) is 4.19. The van der Waals surface area contributed by atoms with Crippen molar-refractivity contribution >= 4 is 46.4 Å². The SMILES string of the molecule is Cc1ccc(NC(=O)C(=O)Nc2ccc(Cl)cc2Cl)c(C)c1. The van der Waals surface area contributed by atoms with Crippen molar-refractivity contribution < 1.29 is 9.59 Å². The zero-order valence-corrected chi connectivity index (χ0v) is 13.5. The topological polar surface area (TPSA) is 58.2 Å². The number of benzene rings is 2. The zero-order valence-electron chi connectivity index (χ0n) is 12.0. The molecule has 114 valence electrons. The Morgan fingerprint density at radius 1 is 0.864 bits per heavy atom. The van der Waals surface area contributed by atoms with Crippen molar-refractivity contribution in [1.29, 1.82) is 0 Å². The van der Waals surface area contributed by atoms with Crippen LogP contribution in [0.1, 0.15) is 11.1 Å². The first-order valence-corrected chi connectivity index (χ1v) is 7.27. The summed E-state index contributed by atoms with van der Waals surface area (Å²) >= 11 is 11.7. The van der Waals surface area contributed by atoms with Crippen LogP contribution in [0, 0.1) is 13.8 Å². The van der Waals surface area contributed by atoms with Crippen molar-refractivity contribution in [2.75, 3.05) is 10.6 Å². The molecule has 0 aliphatic rings. The van der Waals surface area contributed by atoms with E-state index in [9.17, 15) is 9.59 Å². The van der Waals surface area contributed by atoms with Gasteiger partial charge in [0.1, 0.15) is 0 Å². The van der Waals surface area contributed by atoms with Crippen molar-refractivity contribution in [1.82, 2.24) is 0 Å². The first-order valence-electron chi connectivity index (χ1n) is 6.51. The highest BCUT2D eigenvalue weighted by Gasteiger charge is 2.16. The number of anilines is 2. The molecule has 6 heteroatoms. The summed E-state index contributed by atoms with van der Waals surface area (Å²) in [6.45, 7) is 3.81. The molecule has 0 spiro atoms. The fourth-order valence-corrected chi connectivity index (χ4v) is 2.36. The van der Waals surface area contributed by atoms with E-state index in [1.54, 1.807) is 12.1 Å². The number of halogens is 2.